The lowest BCUT2D eigenvalue weighted by atomic mass is 10.1. The molecule has 0 saturated carbocycles. The maximum absolute atomic E-state index is 12.7. The lowest BCUT2D eigenvalue weighted by molar-refractivity contribution is -0.115. The summed E-state index contributed by atoms with van der Waals surface area (Å²) in [6, 6.07) is 9.65. The summed E-state index contributed by atoms with van der Waals surface area (Å²) in [5, 5.41) is 7.54. The molecule has 7 nitrogen and oxygen atoms in total. The van der Waals surface area contributed by atoms with Crippen molar-refractivity contribution in [2.75, 3.05) is 5.32 Å². The predicted octanol–water partition coefficient (Wildman–Crippen LogP) is 3.60. The monoisotopic (exact) mass is 386 g/mol. The number of pyridine rings is 1. The van der Waals surface area contributed by atoms with Crippen LogP contribution < -0.4 is 5.32 Å². The van der Waals surface area contributed by atoms with Crippen molar-refractivity contribution in [2.45, 2.75) is 34.1 Å². The molecule has 4 rings (SSSR count). The Morgan fingerprint density at radius 1 is 1.07 bits per heavy atom. The first-order chi connectivity index (χ1) is 13.9. The number of carbonyl (C=O) groups excluding carboxylic acids is 1. The predicted molar refractivity (Wildman–Crippen MR) is 112 cm³/mol. The maximum atomic E-state index is 12.7. The van der Waals surface area contributed by atoms with Gasteiger partial charge in [-0.3, -0.25) is 9.78 Å². The number of fused-ring (bicyclic) bond motifs is 1. The van der Waals surface area contributed by atoms with E-state index in [1.807, 2.05) is 58.0 Å². The Balaban J connectivity index is 1.63. The third-order valence-corrected chi connectivity index (χ3v) is 5.10. The second-order valence-electron chi connectivity index (χ2n) is 7.17. The summed E-state index contributed by atoms with van der Waals surface area (Å²) >= 11 is 0. The molecule has 0 aliphatic heterocycles. The van der Waals surface area contributed by atoms with E-state index in [1.54, 1.807) is 16.9 Å². The van der Waals surface area contributed by atoms with Crippen LogP contribution in [-0.2, 0) is 11.2 Å². The van der Waals surface area contributed by atoms with E-state index < -0.39 is 0 Å². The first-order valence-corrected chi connectivity index (χ1v) is 9.42. The summed E-state index contributed by atoms with van der Waals surface area (Å²) in [6.07, 6.45) is 3.64. The summed E-state index contributed by atoms with van der Waals surface area (Å²) in [5.41, 5.74) is 6.43. The number of hydrogen-bond acceptors (Lipinski definition) is 5. The highest BCUT2D eigenvalue weighted by atomic mass is 16.1. The number of aryl methyl sites for hydroxylation is 4. The van der Waals surface area contributed by atoms with Crippen LogP contribution in [0.15, 0.2) is 42.7 Å². The fourth-order valence-corrected chi connectivity index (χ4v) is 3.27. The van der Waals surface area contributed by atoms with Gasteiger partial charge in [-0.2, -0.15) is 4.98 Å². The van der Waals surface area contributed by atoms with Crippen LogP contribution in [0.25, 0.3) is 17.2 Å². The summed E-state index contributed by atoms with van der Waals surface area (Å²) in [5.74, 6) is 0.982. The molecule has 1 aromatic carbocycles. The van der Waals surface area contributed by atoms with Crippen molar-refractivity contribution in [3.05, 3.63) is 70.8 Å². The molecule has 0 spiro atoms. The normalized spacial score (nSPS) is 11.0. The number of carbonyl (C=O) groups is 1. The van der Waals surface area contributed by atoms with Gasteiger partial charge in [0.1, 0.15) is 0 Å². The van der Waals surface area contributed by atoms with Crippen molar-refractivity contribution in [2.24, 2.45) is 0 Å². The van der Waals surface area contributed by atoms with E-state index in [0.29, 0.717) is 11.6 Å². The molecule has 4 aromatic rings. The highest BCUT2D eigenvalue weighted by Gasteiger charge is 2.17. The van der Waals surface area contributed by atoms with Crippen molar-refractivity contribution in [3.63, 3.8) is 0 Å². The Hall–Kier alpha value is -3.61. The first kappa shape index (κ1) is 18.7. The van der Waals surface area contributed by atoms with E-state index in [1.165, 1.54) is 5.56 Å². The Morgan fingerprint density at radius 3 is 2.62 bits per heavy atom. The number of nitrogens with zero attached hydrogens (tertiary/aromatic N) is 5. The van der Waals surface area contributed by atoms with Gasteiger partial charge in [0.15, 0.2) is 5.82 Å². The van der Waals surface area contributed by atoms with Crippen LogP contribution in [0.1, 0.15) is 28.1 Å². The van der Waals surface area contributed by atoms with Crippen LogP contribution in [0.3, 0.4) is 0 Å². The number of aromatic nitrogens is 5. The van der Waals surface area contributed by atoms with Gasteiger partial charge < -0.3 is 5.32 Å². The molecule has 0 aliphatic rings. The van der Waals surface area contributed by atoms with E-state index in [9.17, 15) is 4.79 Å². The minimum absolute atomic E-state index is 0.0896. The van der Waals surface area contributed by atoms with Gasteiger partial charge in [0.2, 0.25) is 5.91 Å². The zero-order valence-corrected chi connectivity index (χ0v) is 16.9. The SMILES string of the molecule is Cc1ccc(NC(=O)Cc2c(C)nc3nc(-c4cccnc4)nn3c2C)cc1C. The van der Waals surface area contributed by atoms with Crippen molar-refractivity contribution in [1.29, 1.82) is 0 Å². The zero-order chi connectivity index (χ0) is 20.5. The molecule has 0 aliphatic carbocycles. The van der Waals surface area contributed by atoms with Crippen LogP contribution >= 0.6 is 0 Å². The molecule has 0 saturated heterocycles. The van der Waals surface area contributed by atoms with Crippen LogP contribution in [0.4, 0.5) is 5.69 Å². The van der Waals surface area contributed by atoms with E-state index in [4.69, 9.17) is 0 Å². The number of hydrogen-bond donors (Lipinski definition) is 1. The Bertz CT molecular complexity index is 1210. The largest absolute Gasteiger partial charge is 0.326 e. The molecule has 3 aromatic heterocycles. The Labute approximate surface area is 168 Å². The molecule has 29 heavy (non-hydrogen) atoms. The van der Waals surface area contributed by atoms with Gasteiger partial charge in [-0.1, -0.05) is 6.07 Å². The minimum atomic E-state index is -0.0896. The van der Waals surface area contributed by atoms with Crippen LogP contribution in [0.5, 0.6) is 0 Å². The smallest absolute Gasteiger partial charge is 0.253 e. The molecule has 1 N–H and O–H groups in total. The van der Waals surface area contributed by atoms with Crippen LogP contribution in [0, 0.1) is 27.7 Å². The molecule has 1 amide bonds. The highest BCUT2D eigenvalue weighted by molar-refractivity contribution is 5.92. The lowest BCUT2D eigenvalue weighted by Crippen LogP contribution is -2.18. The van der Waals surface area contributed by atoms with Gasteiger partial charge in [0.25, 0.3) is 5.78 Å². The van der Waals surface area contributed by atoms with Crippen molar-refractivity contribution >= 4 is 17.4 Å². The molecule has 0 atom stereocenters. The summed E-state index contributed by atoms with van der Waals surface area (Å²) in [6.45, 7) is 7.90. The Kier molecular flexibility index (Phi) is 4.80. The molecule has 0 fully saturated rings. The third kappa shape index (κ3) is 3.71. The first-order valence-electron chi connectivity index (χ1n) is 9.42. The number of nitrogens with one attached hydrogen (secondary N) is 1. The van der Waals surface area contributed by atoms with E-state index in [0.717, 1.165) is 33.8 Å². The molecule has 7 heteroatoms. The standard InChI is InChI=1S/C22H22N6O/c1-13-7-8-18(10-14(13)2)25-20(29)11-19-15(3)24-22-26-21(27-28(22)16(19)4)17-6-5-9-23-12-17/h5-10,12H,11H2,1-4H3,(H,25,29). The molecular formula is C22H22N6O. The van der Waals surface area contributed by atoms with Gasteiger partial charge in [-0.15, -0.1) is 5.10 Å². The fraction of sp³-hybridized carbons (Fsp3) is 0.227. The average Bonchev–Trinajstić information content (AvgIpc) is 3.13. The van der Waals surface area contributed by atoms with Gasteiger partial charge in [0, 0.05) is 40.6 Å². The minimum Gasteiger partial charge on any atom is -0.326 e. The van der Waals surface area contributed by atoms with E-state index in [-0.39, 0.29) is 12.3 Å². The quantitative estimate of drug-likeness (QED) is 0.579. The van der Waals surface area contributed by atoms with Crippen molar-refractivity contribution in [1.82, 2.24) is 24.6 Å². The number of anilines is 1. The van der Waals surface area contributed by atoms with E-state index in [2.05, 4.69) is 25.4 Å². The molecule has 3 heterocycles. The van der Waals surface area contributed by atoms with Gasteiger partial charge >= 0.3 is 0 Å². The Morgan fingerprint density at radius 2 is 1.90 bits per heavy atom. The summed E-state index contributed by atoms with van der Waals surface area (Å²) < 4.78 is 1.69. The second kappa shape index (κ2) is 7.43. The molecule has 146 valence electrons. The fourth-order valence-electron chi connectivity index (χ4n) is 3.27. The maximum Gasteiger partial charge on any atom is 0.253 e. The van der Waals surface area contributed by atoms with Crippen LogP contribution in [-0.4, -0.2) is 30.5 Å². The number of benzene rings is 1. The van der Waals surface area contributed by atoms with Gasteiger partial charge in [0.05, 0.1) is 6.42 Å². The van der Waals surface area contributed by atoms with Gasteiger partial charge in [-0.25, -0.2) is 9.50 Å². The summed E-state index contributed by atoms with van der Waals surface area (Å²) in [7, 11) is 0. The zero-order valence-electron chi connectivity index (χ0n) is 16.9. The van der Waals surface area contributed by atoms with Crippen LogP contribution in [0.2, 0.25) is 0 Å². The second-order valence-corrected chi connectivity index (χ2v) is 7.17. The topological polar surface area (TPSA) is 85.1 Å². The number of rotatable bonds is 4. The summed E-state index contributed by atoms with van der Waals surface area (Å²) in [4.78, 5) is 25.8. The van der Waals surface area contributed by atoms with Crippen molar-refractivity contribution < 1.29 is 4.79 Å². The molecule has 0 bridgehead atoms. The molecule has 0 radical (unpaired) electrons. The molecular weight excluding hydrogens is 364 g/mol. The molecule has 0 unspecified atom stereocenters. The average molecular weight is 386 g/mol. The van der Waals surface area contributed by atoms with E-state index >= 15 is 0 Å². The lowest BCUT2D eigenvalue weighted by Gasteiger charge is -2.11. The number of amides is 1. The highest BCUT2D eigenvalue weighted by Crippen LogP contribution is 2.20. The van der Waals surface area contributed by atoms with Gasteiger partial charge in [-0.05, 0) is 63.1 Å². The third-order valence-electron chi connectivity index (χ3n) is 5.10. The van der Waals surface area contributed by atoms with Crippen molar-refractivity contribution in [3.8, 4) is 11.4 Å².